The van der Waals surface area contributed by atoms with E-state index in [1.165, 1.54) is 6.07 Å². The lowest BCUT2D eigenvalue weighted by atomic mass is 9.91. The van der Waals surface area contributed by atoms with Gasteiger partial charge in [0.15, 0.2) is 0 Å². The summed E-state index contributed by atoms with van der Waals surface area (Å²) in [6.45, 7) is 6.15. The summed E-state index contributed by atoms with van der Waals surface area (Å²) in [5, 5.41) is 3.16. The number of imidazole rings is 1. The van der Waals surface area contributed by atoms with Gasteiger partial charge in [0.2, 0.25) is 0 Å². The largest absolute Gasteiger partial charge is 0.492 e. The van der Waals surface area contributed by atoms with Crippen molar-refractivity contribution in [1.29, 1.82) is 0 Å². The number of aromatic nitrogens is 3. The summed E-state index contributed by atoms with van der Waals surface area (Å²) in [5.41, 5.74) is 1.78. The van der Waals surface area contributed by atoms with Crippen molar-refractivity contribution in [2.24, 2.45) is 5.92 Å². The average molecular weight is 434 g/mol. The van der Waals surface area contributed by atoms with Gasteiger partial charge >= 0.3 is 6.18 Å². The van der Waals surface area contributed by atoms with E-state index in [0.29, 0.717) is 29.7 Å². The molecule has 0 spiro atoms. The van der Waals surface area contributed by atoms with Crippen LogP contribution in [0.5, 0.6) is 5.75 Å². The highest BCUT2D eigenvalue weighted by Gasteiger charge is 2.32. The first kappa shape index (κ1) is 21.4. The number of halogens is 3. The third kappa shape index (κ3) is 4.76. The molecule has 1 aliphatic rings. The van der Waals surface area contributed by atoms with Gasteiger partial charge in [-0.2, -0.15) is 13.2 Å². The van der Waals surface area contributed by atoms with Crippen molar-refractivity contribution in [1.82, 2.24) is 14.4 Å². The van der Waals surface area contributed by atoms with E-state index in [0.717, 1.165) is 37.0 Å². The van der Waals surface area contributed by atoms with Crippen molar-refractivity contribution in [3.05, 3.63) is 53.7 Å². The van der Waals surface area contributed by atoms with E-state index in [2.05, 4.69) is 17.2 Å². The van der Waals surface area contributed by atoms with Gasteiger partial charge in [-0.3, -0.25) is 0 Å². The molecule has 2 atom stereocenters. The first-order valence-corrected chi connectivity index (χ1v) is 10.4. The number of hydrogen-bond donors (Lipinski definition) is 1. The van der Waals surface area contributed by atoms with Crippen LogP contribution in [-0.4, -0.2) is 34.2 Å². The van der Waals surface area contributed by atoms with Crippen LogP contribution < -0.4 is 10.1 Å². The van der Waals surface area contributed by atoms with Gasteiger partial charge in [-0.1, -0.05) is 13.0 Å². The van der Waals surface area contributed by atoms with Gasteiger partial charge in [0.1, 0.15) is 17.1 Å². The Morgan fingerprint density at radius 3 is 2.84 bits per heavy atom. The molecule has 166 valence electrons. The summed E-state index contributed by atoms with van der Waals surface area (Å²) in [4.78, 5) is 8.47. The van der Waals surface area contributed by atoms with E-state index >= 15 is 0 Å². The second-order valence-electron chi connectivity index (χ2n) is 7.69. The number of nitrogens with one attached hydrogen (secondary N) is 1. The minimum absolute atomic E-state index is 0.132. The summed E-state index contributed by atoms with van der Waals surface area (Å²) < 4.78 is 51.9. The van der Waals surface area contributed by atoms with Crippen molar-refractivity contribution in [3.63, 3.8) is 0 Å². The Labute approximate surface area is 178 Å². The molecule has 3 aromatic heterocycles. The van der Waals surface area contributed by atoms with Gasteiger partial charge in [-0.15, -0.1) is 0 Å². The molecule has 2 unspecified atom stereocenters. The Hall–Kier alpha value is -2.81. The Morgan fingerprint density at radius 2 is 2.13 bits per heavy atom. The van der Waals surface area contributed by atoms with Crippen LogP contribution in [0.1, 0.15) is 43.3 Å². The van der Waals surface area contributed by atoms with Gasteiger partial charge in [-0.05, 0) is 31.4 Å². The highest BCUT2D eigenvalue weighted by atomic mass is 19.4. The van der Waals surface area contributed by atoms with Crippen LogP contribution in [0.25, 0.3) is 5.65 Å². The van der Waals surface area contributed by atoms with Gasteiger partial charge in [0.25, 0.3) is 0 Å². The fourth-order valence-electron chi connectivity index (χ4n) is 3.77. The summed E-state index contributed by atoms with van der Waals surface area (Å²) in [5.74, 6) is 1.31. The normalized spacial score (nSPS) is 17.8. The first-order chi connectivity index (χ1) is 14.8. The molecule has 1 fully saturated rings. The van der Waals surface area contributed by atoms with Gasteiger partial charge in [0.05, 0.1) is 36.8 Å². The Kier molecular flexibility index (Phi) is 6.04. The monoisotopic (exact) mass is 434 g/mol. The number of ether oxygens (including phenoxy) is 2. The van der Waals surface area contributed by atoms with Crippen LogP contribution in [0.15, 0.2) is 36.7 Å². The molecule has 3 aromatic rings. The van der Waals surface area contributed by atoms with Gasteiger partial charge < -0.3 is 19.2 Å². The number of alkyl halides is 3. The molecule has 4 rings (SSSR count). The van der Waals surface area contributed by atoms with E-state index in [9.17, 15) is 13.2 Å². The molecule has 0 bridgehead atoms. The molecule has 4 heterocycles. The zero-order valence-electron chi connectivity index (χ0n) is 17.4. The predicted octanol–water partition coefficient (Wildman–Crippen LogP) is 4.90. The van der Waals surface area contributed by atoms with E-state index in [1.807, 2.05) is 29.8 Å². The number of fused-ring (bicyclic) bond motifs is 1. The predicted molar refractivity (Wildman–Crippen MR) is 110 cm³/mol. The molecule has 6 nitrogen and oxygen atoms in total. The van der Waals surface area contributed by atoms with E-state index in [4.69, 9.17) is 14.5 Å². The summed E-state index contributed by atoms with van der Waals surface area (Å²) in [6, 6.07) is 5.72. The maximum atomic E-state index is 12.9. The molecule has 0 amide bonds. The molecular formula is C22H25F3N4O2. The average Bonchev–Trinajstić information content (AvgIpc) is 3.41. The van der Waals surface area contributed by atoms with E-state index < -0.39 is 11.9 Å². The number of hydrogen-bond acceptors (Lipinski definition) is 5. The Bertz CT molecular complexity index is 1040. The minimum Gasteiger partial charge on any atom is -0.492 e. The van der Waals surface area contributed by atoms with Crippen molar-refractivity contribution >= 4 is 11.3 Å². The molecule has 0 radical (unpaired) electrons. The van der Waals surface area contributed by atoms with Gasteiger partial charge in [0, 0.05) is 31.0 Å². The van der Waals surface area contributed by atoms with Crippen LogP contribution in [0.2, 0.25) is 0 Å². The number of pyridine rings is 2. The number of anilines is 1. The second kappa shape index (κ2) is 8.74. The maximum absolute atomic E-state index is 12.9. The third-order valence-electron chi connectivity index (χ3n) is 5.57. The maximum Gasteiger partial charge on any atom is 0.433 e. The van der Waals surface area contributed by atoms with Crippen LogP contribution in [0, 0.1) is 5.92 Å². The summed E-state index contributed by atoms with van der Waals surface area (Å²) in [7, 11) is 0. The molecule has 1 aliphatic heterocycles. The fraction of sp³-hybridized carbons (Fsp3) is 0.455. The Morgan fingerprint density at radius 1 is 1.29 bits per heavy atom. The van der Waals surface area contributed by atoms with Crippen LogP contribution in [-0.2, 0) is 17.5 Å². The van der Waals surface area contributed by atoms with Crippen LogP contribution in [0.4, 0.5) is 18.9 Å². The zero-order valence-corrected chi connectivity index (χ0v) is 17.4. The van der Waals surface area contributed by atoms with Crippen molar-refractivity contribution < 1.29 is 22.6 Å². The van der Waals surface area contributed by atoms with E-state index in [-0.39, 0.29) is 12.5 Å². The summed E-state index contributed by atoms with van der Waals surface area (Å²) >= 11 is 0. The SMILES string of the molecule is CCOc1cc2nc(C(C)C3CCOC3)cn2cc1NCc1cccc(C(F)(F)F)n1. The van der Waals surface area contributed by atoms with Crippen LogP contribution in [0.3, 0.4) is 0 Å². The lowest BCUT2D eigenvalue weighted by molar-refractivity contribution is -0.141. The Balaban J connectivity index is 1.58. The van der Waals surface area contributed by atoms with Crippen molar-refractivity contribution in [2.45, 2.75) is 38.9 Å². The third-order valence-corrected chi connectivity index (χ3v) is 5.57. The van der Waals surface area contributed by atoms with Crippen molar-refractivity contribution in [2.75, 3.05) is 25.1 Å². The lowest BCUT2D eigenvalue weighted by Crippen LogP contribution is -2.11. The summed E-state index contributed by atoms with van der Waals surface area (Å²) in [6.07, 6.45) is 0.389. The molecule has 31 heavy (non-hydrogen) atoms. The van der Waals surface area contributed by atoms with Gasteiger partial charge in [-0.25, -0.2) is 9.97 Å². The van der Waals surface area contributed by atoms with Crippen molar-refractivity contribution in [3.8, 4) is 5.75 Å². The fourth-order valence-corrected chi connectivity index (χ4v) is 3.77. The molecule has 1 saturated heterocycles. The minimum atomic E-state index is -4.47. The quantitative estimate of drug-likeness (QED) is 0.573. The van der Waals surface area contributed by atoms with Crippen LogP contribution >= 0.6 is 0 Å². The highest BCUT2D eigenvalue weighted by molar-refractivity contribution is 5.62. The molecule has 0 aromatic carbocycles. The molecular weight excluding hydrogens is 409 g/mol. The molecule has 0 saturated carbocycles. The topological polar surface area (TPSA) is 60.7 Å². The molecule has 9 heteroatoms. The standard InChI is InChI=1S/C22H25F3N4O2/c1-3-31-19-9-21-28-17(14(2)15-7-8-30-13-15)11-29(21)12-18(19)26-10-16-5-4-6-20(27-16)22(23,24)25/h4-6,9,11-12,14-15,26H,3,7-8,10,13H2,1-2H3. The second-order valence-corrected chi connectivity index (χ2v) is 7.69. The molecule has 1 N–H and O–H groups in total. The first-order valence-electron chi connectivity index (χ1n) is 10.4. The number of nitrogens with zero attached hydrogens (tertiary/aromatic N) is 3. The number of rotatable bonds is 7. The molecule has 0 aliphatic carbocycles. The lowest BCUT2D eigenvalue weighted by Gasteiger charge is -2.14. The highest BCUT2D eigenvalue weighted by Crippen LogP contribution is 2.33. The smallest absolute Gasteiger partial charge is 0.433 e. The van der Waals surface area contributed by atoms with E-state index in [1.54, 1.807) is 6.07 Å². The zero-order chi connectivity index (χ0) is 22.0.